The summed E-state index contributed by atoms with van der Waals surface area (Å²) in [5.74, 6) is 0.311. The van der Waals surface area contributed by atoms with E-state index >= 15 is 0 Å². The van der Waals surface area contributed by atoms with Crippen molar-refractivity contribution in [3.63, 3.8) is 0 Å². The van der Waals surface area contributed by atoms with Crippen LogP contribution in [0.1, 0.15) is 45.4 Å². The van der Waals surface area contributed by atoms with E-state index in [-0.39, 0.29) is 0 Å². The number of rotatable bonds is 6. The third kappa shape index (κ3) is 4.81. The van der Waals surface area contributed by atoms with E-state index in [1.54, 1.807) is 0 Å². The number of nitrogens with zero attached hydrogens (tertiary/aromatic N) is 2. The lowest BCUT2D eigenvalue weighted by Gasteiger charge is -2.35. The second kappa shape index (κ2) is 7.57. The average molecular weight is 252 g/mol. The normalized spacial score (nSPS) is 17.2. The van der Waals surface area contributed by atoms with E-state index in [2.05, 4.69) is 30.5 Å². The lowest BCUT2D eigenvalue weighted by molar-refractivity contribution is -0.133. The van der Waals surface area contributed by atoms with Crippen LogP contribution < -0.4 is 0 Å². The molecule has 0 aromatic carbocycles. The van der Waals surface area contributed by atoms with E-state index in [0.717, 1.165) is 45.2 Å². The molecule has 3 nitrogen and oxygen atoms in total. The van der Waals surface area contributed by atoms with E-state index in [0.29, 0.717) is 18.4 Å². The standard InChI is InChI=1S/C15H28N2O/c1-5-15(18)17(12-6-11-16(3)4)14-9-7-13(2)8-10-14/h14H,2,5-12H2,1,3-4H3. The molecular formula is C15H28N2O. The van der Waals surface area contributed by atoms with Gasteiger partial charge >= 0.3 is 0 Å². The number of allylic oxidation sites excluding steroid dienone is 1. The molecule has 0 N–H and O–H groups in total. The number of carbonyl (C=O) groups excluding carboxylic acids is 1. The number of carbonyl (C=O) groups is 1. The Kier molecular flexibility index (Phi) is 6.41. The fourth-order valence-electron chi connectivity index (χ4n) is 2.59. The van der Waals surface area contributed by atoms with Crippen molar-refractivity contribution in [1.82, 2.24) is 9.80 Å². The van der Waals surface area contributed by atoms with Crippen molar-refractivity contribution < 1.29 is 4.79 Å². The zero-order chi connectivity index (χ0) is 13.5. The van der Waals surface area contributed by atoms with Gasteiger partial charge in [-0.2, -0.15) is 0 Å². The minimum absolute atomic E-state index is 0.311. The molecule has 1 rings (SSSR count). The van der Waals surface area contributed by atoms with Crippen molar-refractivity contribution in [2.24, 2.45) is 0 Å². The smallest absolute Gasteiger partial charge is 0.222 e. The van der Waals surface area contributed by atoms with Crippen LogP contribution in [0.3, 0.4) is 0 Å². The fourth-order valence-corrected chi connectivity index (χ4v) is 2.59. The molecule has 0 aromatic heterocycles. The first-order chi connectivity index (χ1) is 8.54. The number of amides is 1. The Balaban J connectivity index is 2.49. The van der Waals surface area contributed by atoms with Gasteiger partial charge in [-0.15, -0.1) is 0 Å². The summed E-state index contributed by atoms with van der Waals surface area (Å²) in [7, 11) is 4.16. The van der Waals surface area contributed by atoms with Crippen LogP contribution in [0.5, 0.6) is 0 Å². The Bertz CT molecular complexity index is 276. The minimum atomic E-state index is 0.311. The van der Waals surface area contributed by atoms with Crippen molar-refractivity contribution in [3.8, 4) is 0 Å². The summed E-state index contributed by atoms with van der Waals surface area (Å²) in [4.78, 5) is 16.4. The van der Waals surface area contributed by atoms with Gasteiger partial charge in [-0.3, -0.25) is 4.79 Å². The summed E-state index contributed by atoms with van der Waals surface area (Å²) in [5, 5.41) is 0. The van der Waals surface area contributed by atoms with Crippen LogP contribution in [0.15, 0.2) is 12.2 Å². The van der Waals surface area contributed by atoms with Crippen LogP contribution in [0.25, 0.3) is 0 Å². The van der Waals surface area contributed by atoms with E-state index in [1.165, 1.54) is 5.57 Å². The molecule has 0 atom stereocenters. The molecule has 0 spiro atoms. The van der Waals surface area contributed by atoms with Gasteiger partial charge in [0.25, 0.3) is 0 Å². The predicted molar refractivity (Wildman–Crippen MR) is 76.6 cm³/mol. The molecule has 0 saturated heterocycles. The summed E-state index contributed by atoms with van der Waals surface area (Å²) >= 11 is 0. The number of hydrogen-bond donors (Lipinski definition) is 0. The van der Waals surface area contributed by atoms with Crippen LogP contribution >= 0.6 is 0 Å². The largest absolute Gasteiger partial charge is 0.340 e. The third-order valence-corrected chi connectivity index (χ3v) is 3.73. The summed E-state index contributed by atoms with van der Waals surface area (Å²) in [5.41, 5.74) is 1.35. The highest BCUT2D eigenvalue weighted by Gasteiger charge is 2.24. The van der Waals surface area contributed by atoms with Crippen molar-refractivity contribution in [1.29, 1.82) is 0 Å². The molecule has 18 heavy (non-hydrogen) atoms. The quantitative estimate of drug-likeness (QED) is 0.679. The first-order valence-corrected chi connectivity index (χ1v) is 7.15. The van der Waals surface area contributed by atoms with Gasteiger partial charge in [0.15, 0.2) is 0 Å². The van der Waals surface area contributed by atoms with Gasteiger partial charge in [0.1, 0.15) is 0 Å². The second-order valence-electron chi connectivity index (χ2n) is 5.58. The molecule has 0 radical (unpaired) electrons. The van der Waals surface area contributed by atoms with Gasteiger partial charge in [-0.1, -0.05) is 19.1 Å². The minimum Gasteiger partial charge on any atom is -0.340 e. The maximum absolute atomic E-state index is 12.1. The Labute approximate surface area is 112 Å². The van der Waals surface area contributed by atoms with Gasteiger partial charge in [-0.05, 0) is 52.7 Å². The SMILES string of the molecule is C=C1CCC(N(CCCN(C)C)C(=O)CC)CC1. The van der Waals surface area contributed by atoms with E-state index in [1.807, 2.05) is 6.92 Å². The zero-order valence-electron chi connectivity index (χ0n) is 12.2. The van der Waals surface area contributed by atoms with Crippen LogP contribution in [0.2, 0.25) is 0 Å². The lowest BCUT2D eigenvalue weighted by Crippen LogP contribution is -2.42. The highest BCUT2D eigenvalue weighted by molar-refractivity contribution is 5.76. The van der Waals surface area contributed by atoms with Gasteiger partial charge < -0.3 is 9.80 Å². The molecule has 0 aliphatic heterocycles. The van der Waals surface area contributed by atoms with Crippen LogP contribution in [0, 0.1) is 0 Å². The van der Waals surface area contributed by atoms with E-state index in [9.17, 15) is 4.79 Å². The molecule has 0 heterocycles. The first-order valence-electron chi connectivity index (χ1n) is 7.15. The average Bonchev–Trinajstić information content (AvgIpc) is 2.35. The molecule has 0 bridgehead atoms. The first kappa shape index (κ1) is 15.2. The van der Waals surface area contributed by atoms with E-state index < -0.39 is 0 Å². The molecule has 3 heteroatoms. The van der Waals surface area contributed by atoms with Gasteiger partial charge in [-0.25, -0.2) is 0 Å². The topological polar surface area (TPSA) is 23.6 Å². The highest BCUT2D eigenvalue weighted by Crippen LogP contribution is 2.26. The van der Waals surface area contributed by atoms with E-state index in [4.69, 9.17) is 0 Å². The predicted octanol–water partition coefficient (Wildman–Crippen LogP) is 2.68. The molecule has 1 saturated carbocycles. The Morgan fingerprint density at radius 3 is 2.39 bits per heavy atom. The van der Waals surface area contributed by atoms with Crippen LogP contribution in [-0.4, -0.2) is 48.9 Å². The molecule has 1 aliphatic rings. The maximum Gasteiger partial charge on any atom is 0.222 e. The Morgan fingerprint density at radius 1 is 1.28 bits per heavy atom. The van der Waals surface area contributed by atoms with Crippen molar-refractivity contribution in [2.45, 2.75) is 51.5 Å². The lowest BCUT2D eigenvalue weighted by atomic mass is 9.90. The van der Waals surface area contributed by atoms with Crippen LogP contribution in [0.4, 0.5) is 0 Å². The molecule has 0 unspecified atom stereocenters. The summed E-state index contributed by atoms with van der Waals surface area (Å²) < 4.78 is 0. The zero-order valence-corrected chi connectivity index (χ0v) is 12.2. The molecule has 0 aromatic rings. The van der Waals surface area contributed by atoms with Crippen LogP contribution in [-0.2, 0) is 4.79 Å². The van der Waals surface area contributed by atoms with Crippen molar-refractivity contribution in [3.05, 3.63) is 12.2 Å². The summed E-state index contributed by atoms with van der Waals surface area (Å²) in [6.45, 7) is 7.96. The highest BCUT2D eigenvalue weighted by atomic mass is 16.2. The Hall–Kier alpha value is -0.830. The van der Waals surface area contributed by atoms with Crippen molar-refractivity contribution in [2.75, 3.05) is 27.2 Å². The summed E-state index contributed by atoms with van der Waals surface area (Å²) in [6, 6.07) is 0.449. The van der Waals surface area contributed by atoms with Crippen molar-refractivity contribution >= 4 is 5.91 Å². The van der Waals surface area contributed by atoms with Gasteiger partial charge in [0.05, 0.1) is 0 Å². The fraction of sp³-hybridized carbons (Fsp3) is 0.800. The van der Waals surface area contributed by atoms with Gasteiger partial charge in [0, 0.05) is 19.0 Å². The van der Waals surface area contributed by atoms with Gasteiger partial charge in [0.2, 0.25) is 5.91 Å². The third-order valence-electron chi connectivity index (χ3n) is 3.73. The molecule has 1 amide bonds. The molecular weight excluding hydrogens is 224 g/mol. The second-order valence-corrected chi connectivity index (χ2v) is 5.58. The molecule has 1 aliphatic carbocycles. The molecule has 104 valence electrons. The Morgan fingerprint density at radius 2 is 1.89 bits per heavy atom. The summed E-state index contributed by atoms with van der Waals surface area (Å²) in [6.07, 6.45) is 6.08. The maximum atomic E-state index is 12.1. The molecule has 1 fully saturated rings. The monoisotopic (exact) mass is 252 g/mol. The number of hydrogen-bond acceptors (Lipinski definition) is 2.